The Bertz CT molecular complexity index is 708. The average Bonchev–Trinajstić information content (AvgIpc) is 2.95. The van der Waals surface area contributed by atoms with Crippen LogP contribution >= 0.6 is 11.3 Å². The molecule has 1 atom stereocenters. The van der Waals surface area contributed by atoms with Crippen molar-refractivity contribution in [2.75, 3.05) is 20.8 Å². The highest BCUT2D eigenvalue weighted by Gasteiger charge is 2.30. The van der Waals surface area contributed by atoms with Crippen LogP contribution < -0.4 is 5.32 Å². The molecule has 0 aromatic carbocycles. The van der Waals surface area contributed by atoms with Gasteiger partial charge in [-0.05, 0) is 24.4 Å². The van der Waals surface area contributed by atoms with Crippen molar-refractivity contribution in [2.24, 2.45) is 4.40 Å². The number of thiophene rings is 1. The van der Waals surface area contributed by atoms with E-state index in [4.69, 9.17) is 4.74 Å². The molecular weight excluding hydrogens is 326 g/mol. The summed E-state index contributed by atoms with van der Waals surface area (Å²) in [6, 6.07) is 3.31. The van der Waals surface area contributed by atoms with Crippen LogP contribution in [0, 0.1) is 0 Å². The number of ether oxygens (including phenoxy) is 1. The van der Waals surface area contributed by atoms with Gasteiger partial charge in [0.25, 0.3) is 5.91 Å². The SMILES string of the molecule is COCC(C)NC(=O)C1=CC(c2cccs2)=NS(=O)(=O)N1C. The normalized spacial score (nSPS) is 18.4. The van der Waals surface area contributed by atoms with Gasteiger partial charge in [-0.3, -0.25) is 4.79 Å². The predicted molar refractivity (Wildman–Crippen MR) is 85.1 cm³/mol. The summed E-state index contributed by atoms with van der Waals surface area (Å²) in [7, 11) is -1.08. The zero-order valence-electron chi connectivity index (χ0n) is 12.4. The highest BCUT2D eigenvalue weighted by molar-refractivity contribution is 7.88. The molecular formula is C13H17N3O4S2. The molecule has 0 saturated carbocycles. The second-order valence-electron chi connectivity index (χ2n) is 4.76. The maximum Gasteiger partial charge on any atom is 0.345 e. The van der Waals surface area contributed by atoms with Crippen molar-refractivity contribution in [3.63, 3.8) is 0 Å². The molecule has 1 N–H and O–H groups in total. The number of amides is 1. The topological polar surface area (TPSA) is 88.1 Å². The maximum atomic E-state index is 12.3. The Hall–Kier alpha value is -1.71. The Morgan fingerprint density at radius 1 is 1.55 bits per heavy atom. The first-order valence-electron chi connectivity index (χ1n) is 6.49. The lowest BCUT2D eigenvalue weighted by Gasteiger charge is -2.24. The van der Waals surface area contributed by atoms with Gasteiger partial charge in [0.1, 0.15) is 5.70 Å². The molecule has 7 nitrogen and oxygen atoms in total. The first-order valence-corrected chi connectivity index (χ1v) is 8.77. The van der Waals surface area contributed by atoms with Crippen LogP contribution in [0.25, 0.3) is 0 Å². The molecule has 0 bridgehead atoms. The third kappa shape index (κ3) is 3.54. The van der Waals surface area contributed by atoms with E-state index in [0.29, 0.717) is 11.5 Å². The van der Waals surface area contributed by atoms with Gasteiger partial charge in [-0.1, -0.05) is 6.07 Å². The number of rotatable bonds is 5. The van der Waals surface area contributed by atoms with E-state index < -0.39 is 16.1 Å². The molecule has 0 radical (unpaired) electrons. The largest absolute Gasteiger partial charge is 0.383 e. The molecule has 1 unspecified atom stereocenters. The lowest BCUT2D eigenvalue weighted by Crippen LogP contribution is -2.42. The number of methoxy groups -OCH3 is 1. The van der Waals surface area contributed by atoms with Gasteiger partial charge in [0.2, 0.25) is 0 Å². The molecule has 1 aliphatic rings. The van der Waals surface area contributed by atoms with Gasteiger partial charge in [0.05, 0.1) is 17.2 Å². The van der Waals surface area contributed by atoms with Gasteiger partial charge in [0.15, 0.2) is 0 Å². The van der Waals surface area contributed by atoms with Crippen LogP contribution in [-0.4, -0.2) is 51.1 Å². The molecule has 0 saturated heterocycles. The van der Waals surface area contributed by atoms with Gasteiger partial charge < -0.3 is 10.1 Å². The predicted octanol–water partition coefficient (Wildman–Crippen LogP) is 0.762. The summed E-state index contributed by atoms with van der Waals surface area (Å²) in [5.74, 6) is -0.486. The van der Waals surface area contributed by atoms with Crippen molar-refractivity contribution in [1.82, 2.24) is 9.62 Å². The Kier molecular flexibility index (Phi) is 4.99. The van der Waals surface area contributed by atoms with Crippen LogP contribution in [-0.2, 0) is 19.7 Å². The molecule has 0 spiro atoms. The minimum Gasteiger partial charge on any atom is -0.383 e. The molecule has 1 aromatic heterocycles. The van der Waals surface area contributed by atoms with Crippen LogP contribution in [0.3, 0.4) is 0 Å². The molecule has 0 fully saturated rings. The molecule has 9 heteroatoms. The first-order chi connectivity index (χ1) is 10.3. The van der Waals surface area contributed by atoms with E-state index in [1.807, 2.05) is 5.38 Å². The fourth-order valence-corrected chi connectivity index (χ4v) is 3.55. The molecule has 1 aliphatic heterocycles. The molecule has 2 rings (SSSR count). The molecule has 2 heterocycles. The number of nitrogens with one attached hydrogen (secondary N) is 1. The number of carbonyl (C=O) groups excluding carboxylic acids is 1. The summed E-state index contributed by atoms with van der Waals surface area (Å²) in [5.41, 5.74) is 0.291. The van der Waals surface area contributed by atoms with Crippen molar-refractivity contribution in [1.29, 1.82) is 0 Å². The van der Waals surface area contributed by atoms with Crippen molar-refractivity contribution in [3.8, 4) is 0 Å². The molecule has 1 amide bonds. The zero-order valence-corrected chi connectivity index (χ0v) is 14.1. The van der Waals surface area contributed by atoms with Crippen LogP contribution in [0.1, 0.15) is 11.8 Å². The Balaban J connectivity index is 2.33. The van der Waals surface area contributed by atoms with E-state index in [9.17, 15) is 13.2 Å². The summed E-state index contributed by atoms with van der Waals surface area (Å²) in [6.07, 6.45) is 1.47. The number of hydrogen-bond acceptors (Lipinski definition) is 5. The van der Waals surface area contributed by atoms with Crippen molar-refractivity contribution in [2.45, 2.75) is 13.0 Å². The van der Waals surface area contributed by atoms with Gasteiger partial charge in [-0.15, -0.1) is 15.7 Å². The van der Waals surface area contributed by atoms with Crippen molar-refractivity contribution < 1.29 is 17.9 Å². The van der Waals surface area contributed by atoms with Gasteiger partial charge in [-0.2, -0.15) is 8.42 Å². The fourth-order valence-electron chi connectivity index (χ4n) is 1.89. The zero-order chi connectivity index (χ0) is 16.3. The standard InChI is InChI=1S/C13H17N3O4S2/c1-9(8-20-3)14-13(17)11-7-10(12-5-4-6-21-12)15-22(18,19)16(11)2/h4-7,9H,8H2,1-3H3,(H,14,17). The summed E-state index contributed by atoms with van der Waals surface area (Å²) in [5, 5.41) is 4.51. The molecule has 22 heavy (non-hydrogen) atoms. The van der Waals surface area contributed by atoms with Crippen LogP contribution in [0.15, 0.2) is 33.7 Å². The minimum absolute atomic E-state index is 0.0290. The van der Waals surface area contributed by atoms with Crippen LogP contribution in [0.4, 0.5) is 0 Å². The van der Waals surface area contributed by atoms with Gasteiger partial charge in [-0.25, -0.2) is 4.31 Å². The Morgan fingerprint density at radius 3 is 2.86 bits per heavy atom. The fraction of sp³-hybridized carbons (Fsp3) is 0.385. The highest BCUT2D eigenvalue weighted by atomic mass is 32.2. The van der Waals surface area contributed by atoms with E-state index in [2.05, 4.69) is 9.71 Å². The first kappa shape index (κ1) is 16.7. The van der Waals surface area contributed by atoms with Crippen molar-refractivity contribution >= 4 is 33.2 Å². The summed E-state index contributed by atoms with van der Waals surface area (Å²) in [6.45, 7) is 2.11. The average molecular weight is 343 g/mol. The third-order valence-electron chi connectivity index (χ3n) is 2.97. The monoisotopic (exact) mass is 343 g/mol. The van der Waals surface area contributed by atoms with Crippen LogP contribution in [0.2, 0.25) is 0 Å². The lowest BCUT2D eigenvalue weighted by atomic mass is 10.2. The lowest BCUT2D eigenvalue weighted by molar-refractivity contribution is -0.119. The molecule has 1 aromatic rings. The van der Waals surface area contributed by atoms with Gasteiger partial charge >= 0.3 is 10.2 Å². The number of carbonyl (C=O) groups is 1. The molecule has 120 valence electrons. The third-order valence-corrected chi connectivity index (χ3v) is 5.18. The minimum atomic E-state index is -3.91. The Labute approximate surface area is 133 Å². The number of allylic oxidation sites excluding steroid dienone is 1. The maximum absolute atomic E-state index is 12.3. The highest BCUT2D eigenvalue weighted by Crippen LogP contribution is 2.21. The second kappa shape index (κ2) is 6.59. The smallest absolute Gasteiger partial charge is 0.345 e. The van der Waals surface area contributed by atoms with Crippen LogP contribution in [0.5, 0.6) is 0 Å². The van der Waals surface area contributed by atoms with E-state index in [1.165, 1.54) is 31.6 Å². The van der Waals surface area contributed by atoms with Gasteiger partial charge in [0, 0.05) is 20.2 Å². The Morgan fingerprint density at radius 2 is 2.27 bits per heavy atom. The summed E-state index contributed by atoms with van der Waals surface area (Å²) in [4.78, 5) is 13.0. The second-order valence-corrected chi connectivity index (χ2v) is 7.33. The summed E-state index contributed by atoms with van der Waals surface area (Å²) >= 11 is 1.36. The van der Waals surface area contributed by atoms with E-state index in [-0.39, 0.29) is 17.5 Å². The number of nitrogens with zero attached hydrogens (tertiary/aromatic N) is 2. The van der Waals surface area contributed by atoms with E-state index >= 15 is 0 Å². The quantitative estimate of drug-likeness (QED) is 0.855. The van der Waals surface area contributed by atoms with E-state index in [1.54, 1.807) is 19.1 Å². The summed E-state index contributed by atoms with van der Waals surface area (Å²) < 4.78 is 33.8. The van der Waals surface area contributed by atoms with E-state index in [0.717, 1.165) is 4.31 Å². The number of likely N-dealkylation sites (N-methyl/N-ethyl adjacent to an activating group) is 1. The molecule has 0 aliphatic carbocycles. The number of hydrogen-bond donors (Lipinski definition) is 1. The van der Waals surface area contributed by atoms with Crippen molar-refractivity contribution in [3.05, 3.63) is 34.2 Å².